The van der Waals surface area contributed by atoms with Gasteiger partial charge in [0.05, 0.1) is 5.75 Å². The van der Waals surface area contributed by atoms with E-state index in [1.807, 2.05) is 51.1 Å². The van der Waals surface area contributed by atoms with Crippen LogP contribution in [0.5, 0.6) is 0 Å². The number of hydrogen-bond donors (Lipinski definition) is 1. The highest BCUT2D eigenvalue weighted by Crippen LogP contribution is 2.25. The number of nitrogens with one attached hydrogen (secondary N) is 1. The predicted molar refractivity (Wildman–Crippen MR) is 135 cm³/mol. The Labute approximate surface area is 207 Å². The van der Waals surface area contributed by atoms with Crippen molar-refractivity contribution in [1.82, 2.24) is 10.2 Å². The summed E-state index contributed by atoms with van der Waals surface area (Å²) in [6.07, 6.45) is 0. The van der Waals surface area contributed by atoms with E-state index in [-0.39, 0.29) is 23.1 Å². The molecule has 1 atom stereocenters. The Hall–Kier alpha value is -1.21. The van der Waals surface area contributed by atoms with Crippen LogP contribution in [0.1, 0.15) is 38.8 Å². The molecule has 2 amide bonds. The van der Waals surface area contributed by atoms with Gasteiger partial charge < -0.3 is 10.2 Å². The van der Waals surface area contributed by atoms with Crippen molar-refractivity contribution >= 4 is 62.7 Å². The maximum atomic E-state index is 13.1. The molecule has 168 valence electrons. The Morgan fingerprint density at radius 2 is 1.87 bits per heavy atom. The van der Waals surface area contributed by atoms with E-state index < -0.39 is 6.04 Å². The van der Waals surface area contributed by atoms with Gasteiger partial charge in [0.2, 0.25) is 11.8 Å². The first-order valence-electron chi connectivity index (χ1n) is 9.84. The van der Waals surface area contributed by atoms with Crippen molar-refractivity contribution in [3.63, 3.8) is 0 Å². The zero-order valence-electron chi connectivity index (χ0n) is 18.0. The summed E-state index contributed by atoms with van der Waals surface area (Å²) in [4.78, 5) is 27.5. The van der Waals surface area contributed by atoms with Gasteiger partial charge in [0.25, 0.3) is 0 Å². The molecule has 0 aliphatic heterocycles. The van der Waals surface area contributed by atoms with Crippen LogP contribution >= 0.6 is 50.9 Å². The molecule has 0 radical (unpaired) electrons. The molecular weight excluding hydrogens is 519 g/mol. The van der Waals surface area contributed by atoms with Crippen molar-refractivity contribution in [3.8, 4) is 0 Å². The summed E-state index contributed by atoms with van der Waals surface area (Å²) in [6.45, 7) is 7.87. The van der Waals surface area contributed by atoms with Crippen LogP contribution in [0, 0.1) is 0 Å². The number of halogens is 3. The molecule has 8 heteroatoms. The van der Waals surface area contributed by atoms with Crippen LogP contribution in [0.25, 0.3) is 0 Å². The fraction of sp³-hybridized carbons (Fsp3) is 0.391. The molecule has 31 heavy (non-hydrogen) atoms. The molecule has 2 aromatic rings. The van der Waals surface area contributed by atoms with Crippen molar-refractivity contribution in [2.24, 2.45) is 0 Å². The molecule has 1 N–H and O–H groups in total. The second kappa shape index (κ2) is 11.6. The molecule has 4 nitrogen and oxygen atoms in total. The monoisotopic (exact) mass is 544 g/mol. The smallest absolute Gasteiger partial charge is 0.242 e. The molecule has 0 heterocycles. The minimum Gasteiger partial charge on any atom is -0.350 e. The second-order valence-electron chi connectivity index (χ2n) is 8.30. The van der Waals surface area contributed by atoms with E-state index >= 15 is 0 Å². The van der Waals surface area contributed by atoms with Gasteiger partial charge in [-0.1, -0.05) is 57.3 Å². The van der Waals surface area contributed by atoms with Crippen molar-refractivity contribution in [1.29, 1.82) is 0 Å². The Morgan fingerprint density at radius 3 is 2.48 bits per heavy atom. The molecule has 2 aromatic carbocycles. The van der Waals surface area contributed by atoms with Gasteiger partial charge in [0.1, 0.15) is 6.04 Å². The van der Waals surface area contributed by atoms with Gasteiger partial charge in [-0.25, -0.2) is 0 Å². The molecular formula is C23H27BrCl2N2O2S. The van der Waals surface area contributed by atoms with Crippen LogP contribution in [0.15, 0.2) is 46.9 Å². The maximum absolute atomic E-state index is 13.1. The number of amides is 2. The normalized spacial score (nSPS) is 12.4. The van der Waals surface area contributed by atoms with Crippen LogP contribution < -0.4 is 5.32 Å². The summed E-state index contributed by atoms with van der Waals surface area (Å²) in [6, 6.07) is 12.5. The summed E-state index contributed by atoms with van der Waals surface area (Å²) >= 11 is 17.1. The number of carbonyl (C=O) groups is 2. The lowest BCUT2D eigenvalue weighted by molar-refractivity contribution is -0.139. The average molecular weight is 546 g/mol. The molecule has 0 aliphatic carbocycles. The van der Waals surface area contributed by atoms with Crippen molar-refractivity contribution in [3.05, 3.63) is 68.1 Å². The van der Waals surface area contributed by atoms with Crippen LogP contribution in [0.3, 0.4) is 0 Å². The summed E-state index contributed by atoms with van der Waals surface area (Å²) in [5.41, 5.74) is 1.49. The van der Waals surface area contributed by atoms with Gasteiger partial charge in [-0.3, -0.25) is 9.59 Å². The second-order valence-corrected chi connectivity index (χ2v) is 11.0. The maximum Gasteiger partial charge on any atom is 0.242 e. The number of benzene rings is 2. The first kappa shape index (κ1) is 26.0. The minimum atomic E-state index is -0.606. The van der Waals surface area contributed by atoms with Crippen LogP contribution in [0.4, 0.5) is 0 Å². The third kappa shape index (κ3) is 8.68. The molecule has 0 saturated carbocycles. The molecule has 0 saturated heterocycles. The third-order valence-electron chi connectivity index (χ3n) is 4.41. The standard InChI is InChI=1S/C23H27BrCl2N2O2S/c1-15(22(30)27-23(2,3)4)28(12-16-6-5-7-18(24)10-16)21(29)14-31-13-17-8-9-19(25)11-20(17)26/h5-11,15H,12-14H2,1-4H3,(H,27,30). The Balaban J connectivity index is 2.11. The van der Waals surface area contributed by atoms with E-state index in [2.05, 4.69) is 21.2 Å². The highest BCUT2D eigenvalue weighted by atomic mass is 79.9. The quantitative estimate of drug-likeness (QED) is 0.422. The zero-order chi connectivity index (χ0) is 23.2. The molecule has 0 aliphatic rings. The highest BCUT2D eigenvalue weighted by Gasteiger charge is 2.28. The van der Waals surface area contributed by atoms with Crippen LogP contribution in [0.2, 0.25) is 10.0 Å². The Kier molecular flexibility index (Phi) is 9.74. The fourth-order valence-electron chi connectivity index (χ4n) is 2.86. The van der Waals surface area contributed by atoms with E-state index in [4.69, 9.17) is 23.2 Å². The zero-order valence-corrected chi connectivity index (χ0v) is 22.0. The Morgan fingerprint density at radius 1 is 1.16 bits per heavy atom. The number of nitrogens with zero attached hydrogens (tertiary/aromatic N) is 1. The van der Waals surface area contributed by atoms with E-state index in [0.717, 1.165) is 15.6 Å². The third-order valence-corrected chi connectivity index (χ3v) is 6.45. The van der Waals surface area contributed by atoms with E-state index in [9.17, 15) is 9.59 Å². The average Bonchev–Trinajstić information content (AvgIpc) is 2.66. The molecule has 0 fully saturated rings. The van der Waals surface area contributed by atoms with Gasteiger partial charge in [-0.05, 0) is 63.1 Å². The summed E-state index contributed by atoms with van der Waals surface area (Å²) in [5, 5.41) is 4.12. The lowest BCUT2D eigenvalue weighted by Crippen LogP contribution is -2.52. The van der Waals surface area contributed by atoms with Crippen molar-refractivity contribution in [2.75, 3.05) is 5.75 Å². The SMILES string of the molecule is CC(C(=O)NC(C)(C)C)N(Cc1cccc(Br)c1)C(=O)CSCc1ccc(Cl)cc1Cl. The van der Waals surface area contributed by atoms with E-state index in [1.165, 1.54) is 11.8 Å². The highest BCUT2D eigenvalue weighted by molar-refractivity contribution is 9.10. The lowest BCUT2D eigenvalue weighted by atomic mass is 10.1. The largest absolute Gasteiger partial charge is 0.350 e. The van der Waals surface area contributed by atoms with Gasteiger partial charge in [-0.2, -0.15) is 0 Å². The summed E-state index contributed by atoms with van der Waals surface area (Å²) in [7, 11) is 0. The lowest BCUT2D eigenvalue weighted by Gasteiger charge is -2.31. The molecule has 0 spiro atoms. The summed E-state index contributed by atoms with van der Waals surface area (Å²) in [5.74, 6) is 0.531. The van der Waals surface area contributed by atoms with Crippen molar-refractivity contribution < 1.29 is 9.59 Å². The summed E-state index contributed by atoms with van der Waals surface area (Å²) < 4.78 is 0.927. The van der Waals surface area contributed by atoms with E-state index in [1.54, 1.807) is 24.0 Å². The van der Waals surface area contributed by atoms with E-state index in [0.29, 0.717) is 22.3 Å². The first-order valence-corrected chi connectivity index (χ1v) is 12.5. The van der Waals surface area contributed by atoms with Gasteiger partial charge in [-0.15, -0.1) is 11.8 Å². The van der Waals surface area contributed by atoms with Gasteiger partial charge in [0, 0.05) is 32.4 Å². The number of thioether (sulfide) groups is 1. The molecule has 0 bridgehead atoms. The number of carbonyl (C=O) groups excluding carboxylic acids is 2. The van der Waals surface area contributed by atoms with Crippen molar-refractivity contribution in [2.45, 2.75) is 51.6 Å². The topological polar surface area (TPSA) is 49.4 Å². The van der Waals surface area contributed by atoms with Gasteiger partial charge in [0.15, 0.2) is 0 Å². The Bertz CT molecular complexity index is 934. The molecule has 2 rings (SSSR count). The number of rotatable bonds is 8. The van der Waals surface area contributed by atoms with Crippen LogP contribution in [-0.4, -0.2) is 34.0 Å². The predicted octanol–water partition coefficient (Wildman–Crippen LogP) is 6.32. The van der Waals surface area contributed by atoms with Gasteiger partial charge >= 0.3 is 0 Å². The molecule has 1 unspecified atom stereocenters. The number of hydrogen-bond acceptors (Lipinski definition) is 3. The minimum absolute atomic E-state index is 0.105. The first-order chi connectivity index (χ1) is 14.5. The fourth-order valence-corrected chi connectivity index (χ4v) is 4.77. The molecule has 0 aromatic heterocycles. The van der Waals surface area contributed by atoms with Crippen LogP contribution in [-0.2, 0) is 21.9 Å².